The second kappa shape index (κ2) is 5.01. The largest absolute Gasteiger partial charge is 0.326 e. The number of rotatable bonds is 3. The monoisotopic (exact) mass is 258 g/mol. The minimum absolute atomic E-state index is 0.0118. The van der Waals surface area contributed by atoms with Crippen LogP contribution < -0.4 is 10.9 Å². The summed E-state index contributed by atoms with van der Waals surface area (Å²) in [5.74, 6) is 0. The lowest BCUT2D eigenvalue weighted by molar-refractivity contribution is 0.411. The smallest absolute Gasteiger partial charge is 0.248 e. The summed E-state index contributed by atoms with van der Waals surface area (Å²) >= 11 is 0. The van der Waals surface area contributed by atoms with Crippen LogP contribution in [0.3, 0.4) is 0 Å². The molecular weight excluding hydrogens is 240 g/mol. The average Bonchev–Trinajstić information content (AvgIpc) is 2.92. The van der Waals surface area contributed by atoms with Gasteiger partial charge in [0.15, 0.2) is 0 Å². The molecule has 5 heteroatoms. The molecule has 2 unspecified atom stereocenters. The molecule has 19 heavy (non-hydrogen) atoms. The van der Waals surface area contributed by atoms with Crippen LogP contribution in [0.2, 0.25) is 0 Å². The summed E-state index contributed by atoms with van der Waals surface area (Å²) in [6, 6.07) is 4.10. The van der Waals surface area contributed by atoms with E-state index in [9.17, 15) is 4.79 Å². The van der Waals surface area contributed by atoms with Crippen LogP contribution in [-0.4, -0.2) is 15.2 Å². The number of fused-ring (bicyclic) bond motifs is 1. The zero-order valence-corrected chi connectivity index (χ0v) is 10.9. The highest BCUT2D eigenvalue weighted by atomic mass is 16.1. The Morgan fingerprint density at radius 2 is 2.37 bits per heavy atom. The molecule has 5 nitrogen and oxygen atoms in total. The zero-order valence-electron chi connectivity index (χ0n) is 10.9. The van der Waals surface area contributed by atoms with Crippen LogP contribution >= 0.6 is 0 Å². The van der Waals surface area contributed by atoms with Crippen LogP contribution in [0, 0.1) is 0 Å². The van der Waals surface area contributed by atoms with Crippen LogP contribution in [0.25, 0.3) is 0 Å². The Labute approximate surface area is 111 Å². The number of aromatic amines is 2. The Morgan fingerprint density at radius 3 is 3.16 bits per heavy atom. The van der Waals surface area contributed by atoms with Gasteiger partial charge < -0.3 is 10.3 Å². The second-order valence-corrected chi connectivity index (χ2v) is 5.12. The first kappa shape index (κ1) is 12.2. The molecule has 0 radical (unpaired) electrons. The Hall–Kier alpha value is -1.88. The standard InChI is InChI=1S/C14H18N4O/c1-9(10-7-15-16-8-10)17-12-3-2-4-13-11(12)5-6-14(19)18-13/h5-9,12,17H,2-4H2,1H3,(H,15,16)(H,18,19). The van der Waals surface area contributed by atoms with E-state index in [1.165, 1.54) is 5.56 Å². The van der Waals surface area contributed by atoms with E-state index < -0.39 is 0 Å². The fourth-order valence-electron chi connectivity index (χ4n) is 2.77. The van der Waals surface area contributed by atoms with Gasteiger partial charge in [0.2, 0.25) is 5.56 Å². The molecule has 0 saturated heterocycles. The highest BCUT2D eigenvalue weighted by molar-refractivity contribution is 5.26. The first-order valence-electron chi connectivity index (χ1n) is 6.71. The van der Waals surface area contributed by atoms with Crippen LogP contribution in [0.4, 0.5) is 0 Å². The molecule has 2 atom stereocenters. The summed E-state index contributed by atoms with van der Waals surface area (Å²) in [5.41, 5.74) is 3.44. The van der Waals surface area contributed by atoms with Crippen molar-refractivity contribution in [1.29, 1.82) is 0 Å². The number of hydrogen-bond acceptors (Lipinski definition) is 3. The molecule has 2 aromatic heterocycles. The predicted octanol–water partition coefficient (Wildman–Crippen LogP) is 1.83. The molecule has 1 aliphatic rings. The first-order valence-corrected chi connectivity index (χ1v) is 6.71. The van der Waals surface area contributed by atoms with Gasteiger partial charge in [-0.3, -0.25) is 9.89 Å². The highest BCUT2D eigenvalue weighted by Crippen LogP contribution is 2.29. The number of hydrogen-bond donors (Lipinski definition) is 3. The first-order chi connectivity index (χ1) is 9.24. The number of aromatic nitrogens is 3. The van der Waals surface area contributed by atoms with E-state index >= 15 is 0 Å². The molecule has 1 aliphatic carbocycles. The average molecular weight is 258 g/mol. The van der Waals surface area contributed by atoms with Gasteiger partial charge in [-0.25, -0.2) is 0 Å². The molecule has 0 amide bonds. The normalized spacial score (nSPS) is 19.9. The van der Waals surface area contributed by atoms with Gasteiger partial charge in [-0.2, -0.15) is 5.10 Å². The van der Waals surface area contributed by atoms with Crippen LogP contribution in [0.5, 0.6) is 0 Å². The molecule has 0 spiro atoms. The summed E-state index contributed by atoms with van der Waals surface area (Å²) in [7, 11) is 0. The minimum Gasteiger partial charge on any atom is -0.326 e. The van der Waals surface area contributed by atoms with Crippen molar-refractivity contribution in [3.63, 3.8) is 0 Å². The third-order valence-electron chi connectivity index (χ3n) is 3.80. The van der Waals surface area contributed by atoms with E-state index in [1.807, 2.05) is 18.5 Å². The second-order valence-electron chi connectivity index (χ2n) is 5.12. The summed E-state index contributed by atoms with van der Waals surface area (Å²) in [6.07, 6.45) is 6.91. The SMILES string of the molecule is CC(NC1CCCc2[nH]c(=O)ccc21)c1cn[nH]c1. The number of aryl methyl sites for hydroxylation is 1. The van der Waals surface area contributed by atoms with Gasteiger partial charge in [0.25, 0.3) is 0 Å². The van der Waals surface area contributed by atoms with Gasteiger partial charge in [0, 0.05) is 35.6 Å². The molecule has 100 valence electrons. The molecule has 2 aromatic rings. The Morgan fingerprint density at radius 1 is 1.47 bits per heavy atom. The van der Waals surface area contributed by atoms with E-state index in [0.717, 1.165) is 30.5 Å². The van der Waals surface area contributed by atoms with E-state index in [-0.39, 0.29) is 11.6 Å². The maximum atomic E-state index is 11.4. The Kier molecular flexibility index (Phi) is 3.21. The molecule has 0 aliphatic heterocycles. The maximum absolute atomic E-state index is 11.4. The summed E-state index contributed by atoms with van der Waals surface area (Å²) in [6.45, 7) is 2.13. The van der Waals surface area contributed by atoms with Crippen LogP contribution in [0.15, 0.2) is 29.3 Å². The number of H-pyrrole nitrogens is 2. The fourth-order valence-corrected chi connectivity index (χ4v) is 2.77. The fraction of sp³-hybridized carbons (Fsp3) is 0.429. The summed E-state index contributed by atoms with van der Waals surface area (Å²) in [4.78, 5) is 14.3. The quantitative estimate of drug-likeness (QED) is 0.786. The summed E-state index contributed by atoms with van der Waals surface area (Å²) in [5, 5.41) is 10.4. The Balaban J connectivity index is 1.82. The van der Waals surface area contributed by atoms with Crippen molar-refractivity contribution < 1.29 is 0 Å². The lowest BCUT2D eigenvalue weighted by Gasteiger charge is -2.28. The number of nitrogens with one attached hydrogen (secondary N) is 3. The molecule has 0 fully saturated rings. The molecule has 3 rings (SSSR count). The maximum Gasteiger partial charge on any atom is 0.248 e. The van der Waals surface area contributed by atoms with Crippen LogP contribution in [-0.2, 0) is 6.42 Å². The van der Waals surface area contributed by atoms with E-state index in [0.29, 0.717) is 6.04 Å². The molecule has 0 saturated carbocycles. The number of pyridine rings is 1. The van der Waals surface area contributed by atoms with Gasteiger partial charge in [0.05, 0.1) is 6.20 Å². The van der Waals surface area contributed by atoms with Crippen molar-refractivity contribution in [2.24, 2.45) is 0 Å². The highest BCUT2D eigenvalue weighted by Gasteiger charge is 2.22. The van der Waals surface area contributed by atoms with Crippen molar-refractivity contribution in [2.75, 3.05) is 0 Å². The molecule has 2 heterocycles. The van der Waals surface area contributed by atoms with Crippen molar-refractivity contribution >= 4 is 0 Å². The third kappa shape index (κ3) is 2.46. The van der Waals surface area contributed by atoms with Gasteiger partial charge >= 0.3 is 0 Å². The minimum atomic E-state index is -0.0118. The van der Waals surface area contributed by atoms with Crippen molar-refractivity contribution in [3.05, 3.63) is 51.7 Å². The molecule has 0 bridgehead atoms. The van der Waals surface area contributed by atoms with Crippen molar-refractivity contribution in [2.45, 2.75) is 38.3 Å². The van der Waals surface area contributed by atoms with Crippen LogP contribution in [0.1, 0.15) is 48.7 Å². The lowest BCUT2D eigenvalue weighted by Crippen LogP contribution is -2.29. The van der Waals surface area contributed by atoms with E-state index in [4.69, 9.17) is 0 Å². The van der Waals surface area contributed by atoms with Gasteiger partial charge in [-0.05, 0) is 31.7 Å². The molecular formula is C14H18N4O. The topological polar surface area (TPSA) is 73.6 Å². The molecule has 0 aromatic carbocycles. The van der Waals surface area contributed by atoms with E-state index in [1.54, 1.807) is 6.07 Å². The third-order valence-corrected chi connectivity index (χ3v) is 3.80. The summed E-state index contributed by atoms with van der Waals surface area (Å²) < 4.78 is 0. The van der Waals surface area contributed by atoms with Gasteiger partial charge in [0.1, 0.15) is 0 Å². The van der Waals surface area contributed by atoms with E-state index in [2.05, 4.69) is 27.4 Å². The number of nitrogens with zero attached hydrogens (tertiary/aromatic N) is 1. The van der Waals surface area contributed by atoms with Gasteiger partial charge in [-0.15, -0.1) is 0 Å². The van der Waals surface area contributed by atoms with Gasteiger partial charge in [-0.1, -0.05) is 6.07 Å². The zero-order chi connectivity index (χ0) is 13.2. The van der Waals surface area contributed by atoms with Crippen molar-refractivity contribution in [1.82, 2.24) is 20.5 Å². The predicted molar refractivity (Wildman–Crippen MR) is 72.9 cm³/mol. The Bertz CT molecular complexity index is 602. The van der Waals surface area contributed by atoms with Crippen molar-refractivity contribution in [3.8, 4) is 0 Å². The lowest BCUT2D eigenvalue weighted by atomic mass is 9.90. The molecule has 3 N–H and O–H groups in total.